The summed E-state index contributed by atoms with van der Waals surface area (Å²) in [5, 5.41) is 19.0. The Morgan fingerprint density at radius 1 is 1.29 bits per heavy atom. The summed E-state index contributed by atoms with van der Waals surface area (Å²) < 4.78 is 5.18. The summed E-state index contributed by atoms with van der Waals surface area (Å²) >= 11 is 0. The van der Waals surface area contributed by atoms with E-state index in [0.717, 1.165) is 24.1 Å². The third-order valence-electron chi connectivity index (χ3n) is 4.07. The molecule has 24 heavy (non-hydrogen) atoms. The van der Waals surface area contributed by atoms with Gasteiger partial charge in [-0.3, -0.25) is 0 Å². The summed E-state index contributed by atoms with van der Waals surface area (Å²) in [5.74, 6) is 0.552. The number of furan rings is 1. The lowest BCUT2D eigenvalue weighted by Crippen LogP contribution is -2.30. The monoisotopic (exact) mass is 329 g/mol. The van der Waals surface area contributed by atoms with Crippen molar-refractivity contribution < 1.29 is 14.3 Å². The lowest BCUT2D eigenvalue weighted by atomic mass is 10.1. The van der Waals surface area contributed by atoms with Gasteiger partial charge < -0.3 is 25.5 Å². The van der Waals surface area contributed by atoms with Gasteiger partial charge in [-0.15, -0.1) is 0 Å². The summed E-state index contributed by atoms with van der Waals surface area (Å²) in [6.45, 7) is 2.43. The van der Waals surface area contributed by atoms with E-state index in [9.17, 15) is 9.90 Å². The fraction of sp³-hybridized carbons (Fsp3) is 0.389. The van der Waals surface area contributed by atoms with Crippen LogP contribution in [0.1, 0.15) is 43.2 Å². The molecule has 2 amide bonds. The minimum atomic E-state index is -0.672. The van der Waals surface area contributed by atoms with Crippen LogP contribution >= 0.6 is 0 Å². The number of rotatable bonds is 7. The minimum Gasteiger partial charge on any atom is -0.467 e. The van der Waals surface area contributed by atoms with Crippen molar-refractivity contribution in [2.75, 3.05) is 11.9 Å². The molecule has 0 spiro atoms. The highest BCUT2D eigenvalue weighted by Gasteiger charge is 2.23. The lowest BCUT2D eigenvalue weighted by Gasteiger charge is -2.17. The molecular formula is C18H23N3O3. The molecular weight excluding hydrogens is 306 g/mol. The second-order valence-electron chi connectivity index (χ2n) is 6.16. The molecule has 1 heterocycles. The molecule has 2 aromatic rings. The SMILES string of the molecule is CC(NCC(O)c1ccco1)c1ccc(NC(=O)NC2CC2)cc1. The zero-order valence-electron chi connectivity index (χ0n) is 13.7. The maximum absolute atomic E-state index is 11.7. The van der Waals surface area contributed by atoms with Crippen molar-refractivity contribution >= 4 is 11.7 Å². The Labute approximate surface area is 141 Å². The zero-order valence-corrected chi connectivity index (χ0v) is 13.7. The van der Waals surface area contributed by atoms with Crippen LogP contribution in [0.2, 0.25) is 0 Å². The first-order valence-corrected chi connectivity index (χ1v) is 8.24. The fourth-order valence-corrected chi connectivity index (χ4v) is 2.42. The summed E-state index contributed by atoms with van der Waals surface area (Å²) in [6.07, 6.45) is 3.01. The van der Waals surface area contributed by atoms with Gasteiger partial charge in [0.2, 0.25) is 0 Å². The predicted octanol–water partition coefficient (Wildman–Crippen LogP) is 2.95. The van der Waals surface area contributed by atoms with Gasteiger partial charge in [0.1, 0.15) is 11.9 Å². The van der Waals surface area contributed by atoms with Crippen molar-refractivity contribution in [2.24, 2.45) is 0 Å². The third kappa shape index (κ3) is 4.59. The van der Waals surface area contributed by atoms with Gasteiger partial charge in [-0.25, -0.2) is 4.79 Å². The van der Waals surface area contributed by atoms with E-state index < -0.39 is 6.10 Å². The highest BCUT2D eigenvalue weighted by Crippen LogP contribution is 2.20. The van der Waals surface area contributed by atoms with Crippen LogP contribution in [-0.4, -0.2) is 23.7 Å². The second kappa shape index (κ2) is 7.51. The van der Waals surface area contributed by atoms with E-state index in [-0.39, 0.29) is 12.1 Å². The molecule has 0 saturated heterocycles. The number of hydrogen-bond acceptors (Lipinski definition) is 4. The smallest absolute Gasteiger partial charge is 0.319 e. The van der Waals surface area contributed by atoms with Crippen LogP contribution in [0.4, 0.5) is 10.5 Å². The van der Waals surface area contributed by atoms with Gasteiger partial charge in [0, 0.05) is 24.3 Å². The minimum absolute atomic E-state index is 0.0731. The molecule has 3 rings (SSSR count). The van der Waals surface area contributed by atoms with Crippen LogP contribution in [0.3, 0.4) is 0 Å². The molecule has 4 N–H and O–H groups in total. The summed E-state index contributed by atoms with van der Waals surface area (Å²) in [7, 11) is 0. The van der Waals surface area contributed by atoms with Gasteiger partial charge in [-0.2, -0.15) is 0 Å². The van der Waals surface area contributed by atoms with Crippen LogP contribution in [-0.2, 0) is 0 Å². The number of urea groups is 1. The molecule has 128 valence electrons. The maximum atomic E-state index is 11.7. The van der Waals surface area contributed by atoms with Gasteiger partial charge in [0.25, 0.3) is 0 Å². The highest BCUT2D eigenvalue weighted by molar-refractivity contribution is 5.89. The molecule has 1 aliphatic rings. The van der Waals surface area contributed by atoms with Crippen LogP contribution in [0.5, 0.6) is 0 Å². The molecule has 6 heteroatoms. The molecule has 1 aromatic carbocycles. The Morgan fingerprint density at radius 3 is 2.67 bits per heavy atom. The maximum Gasteiger partial charge on any atom is 0.319 e. The van der Waals surface area contributed by atoms with Crippen molar-refractivity contribution in [1.29, 1.82) is 0 Å². The predicted molar refractivity (Wildman–Crippen MR) is 91.7 cm³/mol. The molecule has 0 radical (unpaired) electrons. The van der Waals surface area contributed by atoms with Gasteiger partial charge in [-0.1, -0.05) is 12.1 Å². The third-order valence-corrected chi connectivity index (χ3v) is 4.07. The van der Waals surface area contributed by atoms with Crippen LogP contribution in [0.15, 0.2) is 47.1 Å². The Balaban J connectivity index is 1.47. The molecule has 1 aromatic heterocycles. The quantitative estimate of drug-likeness (QED) is 0.629. The summed E-state index contributed by atoms with van der Waals surface area (Å²) in [5.41, 5.74) is 1.84. The first-order chi connectivity index (χ1) is 11.6. The summed E-state index contributed by atoms with van der Waals surface area (Å²) in [6, 6.07) is 11.5. The van der Waals surface area contributed by atoms with Crippen molar-refractivity contribution in [2.45, 2.75) is 38.0 Å². The Kier molecular flexibility index (Phi) is 5.17. The molecule has 1 aliphatic carbocycles. The molecule has 1 fully saturated rings. The van der Waals surface area contributed by atoms with E-state index in [0.29, 0.717) is 18.3 Å². The number of carbonyl (C=O) groups is 1. The van der Waals surface area contributed by atoms with Gasteiger partial charge in [0.05, 0.1) is 6.26 Å². The lowest BCUT2D eigenvalue weighted by molar-refractivity contribution is 0.144. The van der Waals surface area contributed by atoms with Gasteiger partial charge >= 0.3 is 6.03 Å². The van der Waals surface area contributed by atoms with E-state index >= 15 is 0 Å². The fourth-order valence-electron chi connectivity index (χ4n) is 2.42. The van der Waals surface area contributed by atoms with E-state index in [1.807, 2.05) is 31.2 Å². The summed E-state index contributed by atoms with van der Waals surface area (Å²) in [4.78, 5) is 11.7. The molecule has 2 unspecified atom stereocenters. The highest BCUT2D eigenvalue weighted by atomic mass is 16.4. The number of anilines is 1. The number of carbonyl (C=O) groups excluding carboxylic acids is 1. The number of aliphatic hydroxyl groups is 1. The van der Waals surface area contributed by atoms with Crippen molar-refractivity contribution in [3.8, 4) is 0 Å². The van der Waals surface area contributed by atoms with E-state index in [1.54, 1.807) is 18.4 Å². The van der Waals surface area contributed by atoms with Crippen LogP contribution < -0.4 is 16.0 Å². The zero-order chi connectivity index (χ0) is 16.9. The number of benzene rings is 1. The molecule has 6 nitrogen and oxygen atoms in total. The normalized spacial score (nSPS) is 16.4. The number of nitrogens with one attached hydrogen (secondary N) is 3. The van der Waals surface area contributed by atoms with Crippen molar-refractivity contribution in [1.82, 2.24) is 10.6 Å². The van der Waals surface area contributed by atoms with E-state index in [4.69, 9.17) is 4.42 Å². The molecule has 0 bridgehead atoms. The second-order valence-corrected chi connectivity index (χ2v) is 6.16. The average molecular weight is 329 g/mol. The average Bonchev–Trinajstić information content (AvgIpc) is 3.21. The Morgan fingerprint density at radius 2 is 2.04 bits per heavy atom. The van der Waals surface area contributed by atoms with Crippen molar-refractivity contribution in [3.05, 3.63) is 54.0 Å². The molecule has 1 saturated carbocycles. The Hall–Kier alpha value is -2.31. The Bertz CT molecular complexity index is 651. The van der Waals surface area contributed by atoms with Gasteiger partial charge in [0.15, 0.2) is 0 Å². The number of amides is 2. The van der Waals surface area contributed by atoms with E-state index in [1.165, 1.54) is 0 Å². The van der Waals surface area contributed by atoms with Crippen molar-refractivity contribution in [3.63, 3.8) is 0 Å². The van der Waals surface area contributed by atoms with Crippen LogP contribution in [0, 0.1) is 0 Å². The molecule has 2 atom stereocenters. The first kappa shape index (κ1) is 16.5. The standard InChI is InChI=1S/C18H23N3O3/c1-12(19-11-16(22)17-3-2-10-24-17)13-4-6-14(7-5-13)20-18(23)21-15-8-9-15/h2-7,10,12,15-16,19,22H,8-9,11H2,1H3,(H2,20,21,23). The first-order valence-electron chi connectivity index (χ1n) is 8.24. The van der Waals surface area contributed by atoms with E-state index in [2.05, 4.69) is 16.0 Å². The largest absolute Gasteiger partial charge is 0.467 e. The topological polar surface area (TPSA) is 86.5 Å². The van der Waals surface area contributed by atoms with Gasteiger partial charge in [-0.05, 0) is 49.6 Å². The van der Waals surface area contributed by atoms with Crippen LogP contribution in [0.25, 0.3) is 0 Å². The number of hydrogen-bond donors (Lipinski definition) is 4. The molecule has 0 aliphatic heterocycles. The number of aliphatic hydroxyl groups excluding tert-OH is 1.